The standard InChI is InChI=1S/C20H18F3N3S/c21-20(22,23)15-5-3-4-14(12-15)17-8-11-26(13-19-24-9-10-25-19)16-6-1-2-7-18(16)27-17/h1-7,9-10,12,17H,8,11,13H2,(H,24,25)/t17-/m0/s1. The molecule has 0 fully saturated rings. The number of rotatable bonds is 3. The maximum atomic E-state index is 13.1. The van der Waals surface area contributed by atoms with E-state index in [0.29, 0.717) is 12.1 Å². The molecule has 0 saturated carbocycles. The number of aromatic amines is 1. The molecule has 2 aromatic carbocycles. The summed E-state index contributed by atoms with van der Waals surface area (Å²) in [6.45, 7) is 1.38. The molecule has 1 N–H and O–H groups in total. The molecule has 0 spiro atoms. The van der Waals surface area contributed by atoms with Gasteiger partial charge in [0, 0.05) is 29.1 Å². The Morgan fingerprint density at radius 1 is 1.15 bits per heavy atom. The molecule has 0 saturated heterocycles. The fourth-order valence-corrected chi connectivity index (χ4v) is 4.59. The fourth-order valence-electron chi connectivity index (χ4n) is 3.30. The first-order valence-electron chi connectivity index (χ1n) is 8.67. The molecular formula is C20H18F3N3S. The summed E-state index contributed by atoms with van der Waals surface area (Å²) in [5.41, 5.74) is 1.21. The first kappa shape index (κ1) is 18.0. The molecule has 0 radical (unpaired) electrons. The van der Waals surface area contributed by atoms with E-state index in [1.54, 1.807) is 30.2 Å². The SMILES string of the molecule is FC(F)(F)c1cccc([C@@H]2CCN(Cc3ncc[nH]3)c3ccccc3S2)c1. The lowest BCUT2D eigenvalue weighted by Gasteiger charge is -2.23. The lowest BCUT2D eigenvalue weighted by molar-refractivity contribution is -0.137. The molecule has 7 heteroatoms. The molecule has 3 aromatic rings. The van der Waals surface area contributed by atoms with Crippen molar-refractivity contribution in [1.29, 1.82) is 0 Å². The third-order valence-electron chi connectivity index (χ3n) is 4.62. The summed E-state index contributed by atoms with van der Waals surface area (Å²) in [7, 11) is 0. The van der Waals surface area contributed by atoms with Gasteiger partial charge >= 0.3 is 6.18 Å². The molecule has 2 heterocycles. The van der Waals surface area contributed by atoms with Gasteiger partial charge in [-0.3, -0.25) is 0 Å². The second-order valence-corrected chi connectivity index (χ2v) is 7.69. The Bertz CT molecular complexity index is 909. The number of halogens is 3. The van der Waals surface area contributed by atoms with Crippen LogP contribution in [0.15, 0.2) is 65.8 Å². The van der Waals surface area contributed by atoms with Crippen molar-refractivity contribution in [3.8, 4) is 0 Å². The normalized spacial score (nSPS) is 17.4. The molecule has 0 bridgehead atoms. The smallest absolute Gasteiger partial charge is 0.363 e. The van der Waals surface area contributed by atoms with Crippen molar-refractivity contribution in [2.24, 2.45) is 0 Å². The van der Waals surface area contributed by atoms with Crippen molar-refractivity contribution in [1.82, 2.24) is 9.97 Å². The minimum atomic E-state index is -4.32. The van der Waals surface area contributed by atoms with Crippen LogP contribution in [0.3, 0.4) is 0 Å². The van der Waals surface area contributed by atoms with Crippen LogP contribution in [0.1, 0.15) is 28.6 Å². The zero-order valence-electron chi connectivity index (χ0n) is 14.4. The maximum absolute atomic E-state index is 13.1. The van der Waals surface area contributed by atoms with Crippen LogP contribution < -0.4 is 4.90 Å². The van der Waals surface area contributed by atoms with Crippen LogP contribution >= 0.6 is 11.8 Å². The van der Waals surface area contributed by atoms with Gasteiger partial charge in [0.15, 0.2) is 0 Å². The summed E-state index contributed by atoms with van der Waals surface area (Å²) < 4.78 is 39.3. The topological polar surface area (TPSA) is 31.9 Å². The Balaban J connectivity index is 1.64. The van der Waals surface area contributed by atoms with Crippen LogP contribution in [0, 0.1) is 0 Å². The van der Waals surface area contributed by atoms with Crippen LogP contribution in [0.2, 0.25) is 0 Å². The second kappa shape index (κ2) is 7.31. The number of H-pyrrole nitrogens is 1. The molecule has 0 unspecified atom stereocenters. The van der Waals surface area contributed by atoms with Crippen molar-refractivity contribution >= 4 is 17.4 Å². The number of alkyl halides is 3. The van der Waals surface area contributed by atoms with Crippen LogP contribution in [0.4, 0.5) is 18.9 Å². The molecule has 1 aliphatic heterocycles. The van der Waals surface area contributed by atoms with Gasteiger partial charge in [0.1, 0.15) is 5.82 Å². The number of anilines is 1. The first-order valence-corrected chi connectivity index (χ1v) is 9.55. The molecule has 1 aliphatic rings. The third-order valence-corrected chi connectivity index (χ3v) is 6.01. The van der Waals surface area contributed by atoms with Gasteiger partial charge in [0.2, 0.25) is 0 Å². The highest BCUT2D eigenvalue weighted by Crippen LogP contribution is 2.46. The van der Waals surface area contributed by atoms with Gasteiger partial charge in [-0.25, -0.2) is 4.98 Å². The van der Waals surface area contributed by atoms with E-state index < -0.39 is 11.7 Å². The summed E-state index contributed by atoms with van der Waals surface area (Å²) in [4.78, 5) is 10.7. The Hall–Kier alpha value is -2.41. The Kier molecular flexibility index (Phi) is 4.86. The average molecular weight is 389 g/mol. The first-order chi connectivity index (χ1) is 13.0. The van der Waals surface area contributed by atoms with E-state index in [4.69, 9.17) is 0 Å². The minimum Gasteiger partial charge on any atom is -0.363 e. The lowest BCUT2D eigenvalue weighted by atomic mass is 10.1. The highest BCUT2D eigenvalue weighted by molar-refractivity contribution is 7.99. The van der Waals surface area contributed by atoms with Crippen LogP contribution in [0.25, 0.3) is 0 Å². The fraction of sp³-hybridized carbons (Fsp3) is 0.250. The van der Waals surface area contributed by atoms with Crippen LogP contribution in [-0.4, -0.2) is 16.5 Å². The van der Waals surface area contributed by atoms with Crippen molar-refractivity contribution < 1.29 is 13.2 Å². The number of nitrogens with zero attached hydrogens (tertiary/aromatic N) is 2. The highest BCUT2D eigenvalue weighted by atomic mass is 32.2. The van der Waals surface area contributed by atoms with Gasteiger partial charge < -0.3 is 9.88 Å². The highest BCUT2D eigenvalue weighted by Gasteiger charge is 2.31. The number of hydrogen-bond donors (Lipinski definition) is 1. The molecule has 27 heavy (non-hydrogen) atoms. The number of imidazole rings is 1. The average Bonchev–Trinajstić information content (AvgIpc) is 3.10. The zero-order chi connectivity index (χ0) is 18.9. The number of hydrogen-bond acceptors (Lipinski definition) is 3. The Morgan fingerprint density at radius 3 is 2.78 bits per heavy atom. The molecule has 1 atom stereocenters. The van der Waals surface area contributed by atoms with Crippen molar-refractivity contribution in [2.45, 2.75) is 29.3 Å². The number of para-hydroxylation sites is 1. The van der Waals surface area contributed by atoms with E-state index >= 15 is 0 Å². The van der Waals surface area contributed by atoms with Gasteiger partial charge in [-0.15, -0.1) is 11.8 Å². The van der Waals surface area contributed by atoms with E-state index in [1.165, 1.54) is 12.1 Å². The van der Waals surface area contributed by atoms with Gasteiger partial charge in [-0.2, -0.15) is 13.2 Å². The quantitative estimate of drug-likeness (QED) is 0.626. The summed E-state index contributed by atoms with van der Waals surface area (Å²) in [5, 5.41) is -0.0324. The minimum absolute atomic E-state index is 0.0324. The van der Waals surface area contributed by atoms with Gasteiger partial charge in [-0.05, 0) is 30.2 Å². The molecule has 140 valence electrons. The number of benzene rings is 2. The van der Waals surface area contributed by atoms with Crippen LogP contribution in [-0.2, 0) is 12.7 Å². The summed E-state index contributed by atoms with van der Waals surface area (Å²) >= 11 is 1.63. The molecule has 1 aromatic heterocycles. The van der Waals surface area contributed by atoms with Gasteiger partial charge in [0.05, 0.1) is 17.8 Å². The van der Waals surface area contributed by atoms with E-state index in [-0.39, 0.29) is 5.25 Å². The third kappa shape index (κ3) is 3.98. The Morgan fingerprint density at radius 2 is 2.00 bits per heavy atom. The summed E-state index contributed by atoms with van der Waals surface area (Å²) in [6.07, 6.45) is -0.0610. The predicted molar refractivity (Wildman–Crippen MR) is 101 cm³/mol. The maximum Gasteiger partial charge on any atom is 0.416 e. The summed E-state index contributed by atoms with van der Waals surface area (Å²) in [6, 6.07) is 13.7. The largest absolute Gasteiger partial charge is 0.416 e. The van der Waals surface area contributed by atoms with E-state index in [9.17, 15) is 13.2 Å². The van der Waals surface area contributed by atoms with Gasteiger partial charge in [0.25, 0.3) is 0 Å². The van der Waals surface area contributed by atoms with E-state index in [1.807, 2.05) is 18.2 Å². The van der Waals surface area contributed by atoms with Crippen molar-refractivity contribution in [2.75, 3.05) is 11.4 Å². The summed E-state index contributed by atoms with van der Waals surface area (Å²) in [5.74, 6) is 0.868. The lowest BCUT2D eigenvalue weighted by Crippen LogP contribution is -2.24. The molecule has 3 nitrogen and oxygen atoms in total. The van der Waals surface area contributed by atoms with Crippen molar-refractivity contribution in [3.05, 3.63) is 77.9 Å². The van der Waals surface area contributed by atoms with E-state index in [0.717, 1.165) is 35.4 Å². The molecule has 0 aliphatic carbocycles. The van der Waals surface area contributed by atoms with Gasteiger partial charge in [-0.1, -0.05) is 30.3 Å². The molecule has 0 amide bonds. The zero-order valence-corrected chi connectivity index (χ0v) is 15.2. The van der Waals surface area contributed by atoms with Crippen LogP contribution in [0.5, 0.6) is 0 Å². The predicted octanol–water partition coefficient (Wildman–Crippen LogP) is 5.67. The Labute approximate surface area is 159 Å². The second-order valence-electron chi connectivity index (χ2n) is 6.44. The molecular weight excluding hydrogens is 371 g/mol. The number of fused-ring (bicyclic) bond motifs is 1. The molecule has 4 rings (SSSR count). The monoisotopic (exact) mass is 389 g/mol. The number of nitrogens with one attached hydrogen (secondary N) is 1. The van der Waals surface area contributed by atoms with E-state index in [2.05, 4.69) is 20.9 Å². The number of aromatic nitrogens is 2. The number of thioether (sulfide) groups is 1. The van der Waals surface area contributed by atoms with Crippen molar-refractivity contribution in [3.63, 3.8) is 0 Å².